The van der Waals surface area contributed by atoms with Gasteiger partial charge in [0.25, 0.3) is 0 Å². The first kappa shape index (κ1) is 9.93. The molecule has 1 aliphatic carbocycles. The fraction of sp³-hybridized carbons (Fsp3) is 0.900. The second kappa shape index (κ2) is 3.21. The highest BCUT2D eigenvalue weighted by atomic mass is 16.3. The quantitative estimate of drug-likeness (QED) is 0.608. The van der Waals surface area contributed by atoms with Gasteiger partial charge in [-0.3, -0.25) is 4.79 Å². The van der Waals surface area contributed by atoms with Gasteiger partial charge in [0, 0.05) is 32.0 Å². The predicted molar refractivity (Wildman–Crippen MR) is 52.5 cm³/mol. The van der Waals surface area contributed by atoms with Crippen molar-refractivity contribution in [2.45, 2.75) is 37.8 Å². The summed E-state index contributed by atoms with van der Waals surface area (Å²) in [5.74, 6) is 0.314. The molecular formula is C10H18N2O2. The number of nitrogens with zero attached hydrogens (tertiary/aromatic N) is 1. The summed E-state index contributed by atoms with van der Waals surface area (Å²) in [6, 6.07) is 0.351. The number of fused-ring (bicyclic) bond motifs is 2. The molecule has 2 rings (SSSR count). The van der Waals surface area contributed by atoms with Crippen molar-refractivity contribution in [1.29, 1.82) is 0 Å². The Morgan fingerprint density at radius 1 is 1.71 bits per heavy atom. The van der Waals surface area contributed by atoms with Gasteiger partial charge in [-0.05, 0) is 19.3 Å². The van der Waals surface area contributed by atoms with Gasteiger partial charge in [0.15, 0.2) is 0 Å². The van der Waals surface area contributed by atoms with Crippen LogP contribution >= 0.6 is 0 Å². The van der Waals surface area contributed by atoms with Crippen LogP contribution in [0.1, 0.15) is 26.2 Å². The maximum atomic E-state index is 11.3. The highest BCUT2D eigenvalue weighted by Gasteiger charge is 2.48. The molecule has 2 aliphatic rings. The van der Waals surface area contributed by atoms with Gasteiger partial charge >= 0.3 is 0 Å². The van der Waals surface area contributed by atoms with Gasteiger partial charge in [0.05, 0.1) is 5.60 Å². The lowest BCUT2D eigenvalue weighted by Crippen LogP contribution is -2.47. The van der Waals surface area contributed by atoms with Crippen LogP contribution in [-0.2, 0) is 4.79 Å². The smallest absolute Gasteiger partial charge is 0.219 e. The fourth-order valence-corrected chi connectivity index (χ4v) is 2.85. The zero-order valence-electron chi connectivity index (χ0n) is 8.57. The predicted octanol–water partition coefficient (Wildman–Crippen LogP) is -0.293. The van der Waals surface area contributed by atoms with Crippen molar-refractivity contribution in [1.82, 2.24) is 4.90 Å². The average molecular weight is 198 g/mol. The minimum atomic E-state index is -0.722. The molecule has 1 aliphatic heterocycles. The Bertz CT molecular complexity index is 257. The van der Waals surface area contributed by atoms with Crippen LogP contribution in [0, 0.1) is 5.92 Å². The summed E-state index contributed by atoms with van der Waals surface area (Å²) < 4.78 is 0. The van der Waals surface area contributed by atoms with Gasteiger partial charge in [-0.15, -0.1) is 0 Å². The molecule has 1 saturated heterocycles. The number of carbonyl (C=O) groups is 1. The SMILES string of the molecule is CC(=O)N1CC2CC1CCC2(O)CN. The van der Waals surface area contributed by atoms with E-state index in [4.69, 9.17) is 5.73 Å². The van der Waals surface area contributed by atoms with E-state index in [0.29, 0.717) is 19.1 Å². The van der Waals surface area contributed by atoms with Crippen LogP contribution in [0.3, 0.4) is 0 Å². The van der Waals surface area contributed by atoms with Crippen LogP contribution < -0.4 is 5.73 Å². The van der Waals surface area contributed by atoms with Crippen molar-refractivity contribution in [3.05, 3.63) is 0 Å². The van der Waals surface area contributed by atoms with E-state index in [-0.39, 0.29) is 11.8 Å². The molecule has 4 nitrogen and oxygen atoms in total. The van der Waals surface area contributed by atoms with Gasteiger partial charge in [-0.25, -0.2) is 0 Å². The van der Waals surface area contributed by atoms with Crippen LogP contribution in [0.4, 0.5) is 0 Å². The van der Waals surface area contributed by atoms with Gasteiger partial charge in [0.1, 0.15) is 0 Å². The number of aliphatic hydroxyl groups is 1. The molecule has 1 amide bonds. The van der Waals surface area contributed by atoms with Crippen LogP contribution in [0.15, 0.2) is 0 Å². The molecular weight excluding hydrogens is 180 g/mol. The van der Waals surface area contributed by atoms with E-state index in [9.17, 15) is 9.90 Å². The van der Waals surface area contributed by atoms with E-state index >= 15 is 0 Å². The lowest BCUT2D eigenvalue weighted by Gasteiger charge is -2.35. The lowest BCUT2D eigenvalue weighted by molar-refractivity contribution is -0.129. The van der Waals surface area contributed by atoms with E-state index in [0.717, 1.165) is 19.3 Å². The average Bonchev–Trinajstić information content (AvgIpc) is 2.53. The molecule has 3 N–H and O–H groups in total. The molecule has 0 radical (unpaired) electrons. The van der Waals surface area contributed by atoms with Gasteiger partial charge < -0.3 is 15.7 Å². The normalized spacial score (nSPS) is 41.5. The zero-order chi connectivity index (χ0) is 10.3. The van der Waals surface area contributed by atoms with Crippen molar-refractivity contribution in [2.24, 2.45) is 11.7 Å². The lowest BCUT2D eigenvalue weighted by atomic mass is 9.76. The summed E-state index contributed by atoms with van der Waals surface area (Å²) in [4.78, 5) is 13.2. The molecule has 0 spiro atoms. The second-order valence-electron chi connectivity index (χ2n) is 4.60. The summed E-state index contributed by atoms with van der Waals surface area (Å²) in [7, 11) is 0. The standard InChI is InChI=1S/C10H18N2O2/c1-7(13)12-5-8-4-9(12)2-3-10(8,14)6-11/h8-9,14H,2-6,11H2,1H3. The summed E-state index contributed by atoms with van der Waals surface area (Å²) >= 11 is 0. The molecule has 4 heteroatoms. The minimum absolute atomic E-state index is 0.124. The first-order valence-electron chi connectivity index (χ1n) is 5.26. The maximum Gasteiger partial charge on any atom is 0.219 e. The minimum Gasteiger partial charge on any atom is -0.388 e. The van der Waals surface area contributed by atoms with Gasteiger partial charge in [-0.2, -0.15) is 0 Å². The molecule has 0 aromatic heterocycles. The Morgan fingerprint density at radius 2 is 2.43 bits per heavy atom. The summed E-state index contributed by atoms with van der Waals surface area (Å²) in [5, 5.41) is 10.2. The number of hydrogen-bond donors (Lipinski definition) is 2. The van der Waals surface area contributed by atoms with Crippen molar-refractivity contribution in [3.8, 4) is 0 Å². The van der Waals surface area contributed by atoms with Crippen molar-refractivity contribution < 1.29 is 9.90 Å². The Balaban J connectivity index is 2.15. The third-order valence-electron chi connectivity index (χ3n) is 3.84. The van der Waals surface area contributed by atoms with Crippen molar-refractivity contribution >= 4 is 5.91 Å². The Morgan fingerprint density at radius 3 is 3.00 bits per heavy atom. The first-order chi connectivity index (χ1) is 6.57. The van der Waals surface area contributed by atoms with E-state index < -0.39 is 5.60 Å². The topological polar surface area (TPSA) is 66.6 Å². The number of nitrogens with two attached hydrogens (primary N) is 1. The molecule has 0 aromatic carbocycles. The molecule has 1 heterocycles. The van der Waals surface area contributed by atoms with E-state index in [1.165, 1.54) is 0 Å². The van der Waals surface area contributed by atoms with E-state index in [2.05, 4.69) is 0 Å². The number of rotatable bonds is 1. The van der Waals surface area contributed by atoms with E-state index in [1.54, 1.807) is 6.92 Å². The second-order valence-corrected chi connectivity index (χ2v) is 4.60. The number of hydrogen-bond acceptors (Lipinski definition) is 3. The number of carbonyl (C=O) groups excluding carboxylic acids is 1. The fourth-order valence-electron chi connectivity index (χ4n) is 2.85. The van der Waals surface area contributed by atoms with Gasteiger partial charge in [-0.1, -0.05) is 0 Å². The molecule has 3 unspecified atom stereocenters. The highest BCUT2D eigenvalue weighted by molar-refractivity contribution is 5.74. The molecule has 80 valence electrons. The summed E-state index contributed by atoms with van der Waals surface area (Å²) in [5.41, 5.74) is 4.87. The van der Waals surface area contributed by atoms with Crippen LogP contribution in [0.25, 0.3) is 0 Å². The molecule has 3 atom stereocenters. The van der Waals surface area contributed by atoms with Crippen molar-refractivity contribution in [3.63, 3.8) is 0 Å². The Hall–Kier alpha value is -0.610. The summed E-state index contributed by atoms with van der Waals surface area (Å²) in [6.45, 7) is 2.60. The maximum absolute atomic E-state index is 11.3. The van der Waals surface area contributed by atoms with Crippen LogP contribution in [0.2, 0.25) is 0 Å². The van der Waals surface area contributed by atoms with Gasteiger partial charge in [0.2, 0.25) is 5.91 Å². The molecule has 2 bridgehead atoms. The monoisotopic (exact) mass is 198 g/mol. The Labute approximate surface area is 84.1 Å². The zero-order valence-corrected chi connectivity index (χ0v) is 8.57. The number of amides is 1. The Kier molecular flexibility index (Phi) is 2.27. The summed E-state index contributed by atoms with van der Waals surface area (Å²) in [6.07, 6.45) is 2.56. The molecule has 2 fully saturated rings. The highest BCUT2D eigenvalue weighted by Crippen LogP contribution is 2.41. The van der Waals surface area contributed by atoms with Crippen molar-refractivity contribution in [2.75, 3.05) is 13.1 Å². The van der Waals surface area contributed by atoms with Crippen LogP contribution in [-0.4, -0.2) is 40.6 Å². The third-order valence-corrected chi connectivity index (χ3v) is 3.84. The largest absolute Gasteiger partial charge is 0.388 e. The molecule has 1 saturated carbocycles. The van der Waals surface area contributed by atoms with E-state index in [1.807, 2.05) is 4.90 Å². The number of likely N-dealkylation sites (tertiary alicyclic amines) is 1. The first-order valence-corrected chi connectivity index (χ1v) is 5.26. The van der Waals surface area contributed by atoms with Crippen LogP contribution in [0.5, 0.6) is 0 Å². The molecule has 14 heavy (non-hydrogen) atoms. The molecule has 0 aromatic rings. The third kappa shape index (κ3) is 1.33.